The van der Waals surface area contributed by atoms with Gasteiger partial charge in [-0.1, -0.05) is 13.8 Å². The summed E-state index contributed by atoms with van der Waals surface area (Å²) in [6.07, 6.45) is 0. The van der Waals surface area contributed by atoms with Crippen LogP contribution in [0.3, 0.4) is 0 Å². The third-order valence-corrected chi connectivity index (χ3v) is 3.31. The lowest BCUT2D eigenvalue weighted by atomic mass is 10.2. The number of aryl methyl sites for hydroxylation is 1. The van der Waals surface area contributed by atoms with Gasteiger partial charge in [0.2, 0.25) is 0 Å². The highest BCUT2D eigenvalue weighted by Crippen LogP contribution is 2.18. The number of hydrogen-bond acceptors (Lipinski definition) is 4. The minimum absolute atomic E-state index is 0.00120. The van der Waals surface area contributed by atoms with Gasteiger partial charge in [-0.3, -0.25) is 4.79 Å². The van der Waals surface area contributed by atoms with E-state index in [1.54, 1.807) is 0 Å². The van der Waals surface area contributed by atoms with Crippen LogP contribution in [-0.4, -0.2) is 36.4 Å². The van der Waals surface area contributed by atoms with Crippen molar-refractivity contribution in [2.24, 2.45) is 5.92 Å². The number of nitrogens with zero attached hydrogens (tertiary/aromatic N) is 2. The molecule has 0 spiro atoms. The van der Waals surface area contributed by atoms with Crippen molar-refractivity contribution in [2.75, 3.05) is 20.6 Å². The fourth-order valence-electron chi connectivity index (χ4n) is 1.38. The lowest BCUT2D eigenvalue weighted by Gasteiger charge is -2.06. The predicted molar refractivity (Wildman–Crippen MR) is 71.4 cm³/mol. The van der Waals surface area contributed by atoms with Crippen molar-refractivity contribution < 1.29 is 4.79 Å². The van der Waals surface area contributed by atoms with Crippen LogP contribution in [-0.2, 0) is 6.54 Å². The van der Waals surface area contributed by atoms with Crippen LogP contribution >= 0.6 is 11.3 Å². The Bertz CT molecular complexity index is 385. The van der Waals surface area contributed by atoms with Crippen LogP contribution in [0.25, 0.3) is 0 Å². The van der Waals surface area contributed by atoms with Gasteiger partial charge in [-0.15, -0.1) is 11.3 Å². The van der Waals surface area contributed by atoms with E-state index < -0.39 is 0 Å². The molecular formula is C12H21N3OS. The molecule has 1 rings (SSSR count). The highest BCUT2D eigenvalue weighted by molar-refractivity contribution is 7.13. The summed E-state index contributed by atoms with van der Waals surface area (Å²) in [5.41, 5.74) is 0.827. The van der Waals surface area contributed by atoms with Crippen molar-refractivity contribution in [3.8, 4) is 0 Å². The van der Waals surface area contributed by atoms with Crippen LogP contribution in [0, 0.1) is 12.8 Å². The predicted octanol–water partition coefficient (Wildman–Crippen LogP) is 1.90. The first-order valence-corrected chi connectivity index (χ1v) is 6.61. The first kappa shape index (κ1) is 14.1. The van der Waals surface area contributed by atoms with E-state index in [2.05, 4.69) is 24.1 Å². The maximum atomic E-state index is 11.9. The summed E-state index contributed by atoms with van der Waals surface area (Å²) in [4.78, 5) is 19.1. The normalized spacial score (nSPS) is 11.2. The molecule has 0 aliphatic heterocycles. The molecule has 5 heteroatoms. The van der Waals surface area contributed by atoms with Crippen LogP contribution in [0.15, 0.2) is 0 Å². The second-order valence-corrected chi connectivity index (χ2v) is 5.95. The van der Waals surface area contributed by atoms with E-state index in [1.165, 1.54) is 11.3 Å². The Hall–Kier alpha value is -0.940. The summed E-state index contributed by atoms with van der Waals surface area (Å²) in [5, 5.41) is 3.91. The largest absolute Gasteiger partial charge is 0.351 e. The van der Waals surface area contributed by atoms with Gasteiger partial charge in [0.25, 0.3) is 5.91 Å². The van der Waals surface area contributed by atoms with Crippen LogP contribution in [0.1, 0.15) is 34.2 Å². The number of aromatic nitrogens is 1. The molecule has 0 saturated carbocycles. The number of carbonyl (C=O) groups excluding carboxylic acids is 1. The summed E-state index contributed by atoms with van der Waals surface area (Å²) < 4.78 is 0. The molecule has 0 unspecified atom stereocenters. The van der Waals surface area contributed by atoms with Gasteiger partial charge in [-0.05, 0) is 26.9 Å². The molecular weight excluding hydrogens is 234 g/mol. The average Bonchev–Trinajstić information content (AvgIpc) is 2.54. The molecule has 0 aliphatic carbocycles. The minimum atomic E-state index is -0.00120. The van der Waals surface area contributed by atoms with Crippen LogP contribution in [0.2, 0.25) is 0 Å². The van der Waals surface area contributed by atoms with Gasteiger partial charge in [-0.2, -0.15) is 0 Å². The molecule has 1 heterocycles. The van der Waals surface area contributed by atoms with Gasteiger partial charge in [0.05, 0.1) is 5.69 Å². The Morgan fingerprint density at radius 2 is 2.12 bits per heavy atom. The molecule has 0 bridgehead atoms. The van der Waals surface area contributed by atoms with Gasteiger partial charge < -0.3 is 10.2 Å². The Morgan fingerprint density at radius 3 is 2.65 bits per heavy atom. The molecule has 0 radical (unpaired) electrons. The van der Waals surface area contributed by atoms with Crippen molar-refractivity contribution in [1.82, 2.24) is 15.2 Å². The summed E-state index contributed by atoms with van der Waals surface area (Å²) in [5.74, 6) is 0.465. The number of hydrogen-bond donors (Lipinski definition) is 1. The number of thiazole rings is 1. The van der Waals surface area contributed by atoms with E-state index in [9.17, 15) is 4.79 Å². The Labute approximate surface area is 107 Å². The fourth-order valence-corrected chi connectivity index (χ4v) is 2.48. The zero-order valence-corrected chi connectivity index (χ0v) is 12.0. The first-order valence-electron chi connectivity index (χ1n) is 5.79. The smallest absolute Gasteiger partial charge is 0.263 e. The molecule has 0 aliphatic rings. The van der Waals surface area contributed by atoms with Gasteiger partial charge >= 0.3 is 0 Å². The third-order valence-electron chi connectivity index (χ3n) is 2.17. The molecule has 0 fully saturated rings. The average molecular weight is 255 g/mol. The molecule has 4 nitrogen and oxygen atoms in total. The Balaban J connectivity index is 2.70. The Morgan fingerprint density at radius 1 is 1.47 bits per heavy atom. The quantitative estimate of drug-likeness (QED) is 0.874. The van der Waals surface area contributed by atoms with Crippen molar-refractivity contribution in [3.05, 3.63) is 15.6 Å². The summed E-state index contributed by atoms with van der Waals surface area (Å²) in [6, 6.07) is 0. The SMILES string of the molecule is Cc1nc(CN(C)C)sc1C(=O)NCC(C)C. The van der Waals surface area contributed by atoms with Gasteiger partial charge in [-0.25, -0.2) is 4.98 Å². The maximum Gasteiger partial charge on any atom is 0.263 e. The minimum Gasteiger partial charge on any atom is -0.351 e. The van der Waals surface area contributed by atoms with Crippen LogP contribution in [0.5, 0.6) is 0 Å². The second-order valence-electron chi connectivity index (χ2n) is 4.86. The van der Waals surface area contributed by atoms with Crippen LogP contribution in [0.4, 0.5) is 0 Å². The third kappa shape index (κ3) is 4.44. The lowest BCUT2D eigenvalue weighted by molar-refractivity contribution is 0.0952. The van der Waals surface area contributed by atoms with Crippen molar-refractivity contribution in [1.29, 1.82) is 0 Å². The molecule has 1 aromatic heterocycles. The Kier molecular flexibility index (Phi) is 5.08. The number of rotatable bonds is 5. The topological polar surface area (TPSA) is 45.2 Å². The van der Waals surface area contributed by atoms with Crippen LogP contribution < -0.4 is 5.32 Å². The van der Waals surface area contributed by atoms with E-state index >= 15 is 0 Å². The first-order chi connectivity index (χ1) is 7.90. The van der Waals surface area contributed by atoms with E-state index in [-0.39, 0.29) is 5.91 Å². The highest BCUT2D eigenvalue weighted by Gasteiger charge is 2.15. The summed E-state index contributed by atoms with van der Waals surface area (Å²) >= 11 is 1.48. The zero-order chi connectivity index (χ0) is 13.0. The van der Waals surface area contributed by atoms with E-state index in [0.29, 0.717) is 12.5 Å². The van der Waals surface area contributed by atoms with Gasteiger partial charge in [0.15, 0.2) is 0 Å². The second kappa shape index (κ2) is 6.12. The standard InChI is InChI=1S/C12H21N3OS/c1-8(2)6-13-12(16)11-9(3)14-10(17-11)7-15(4)5/h8H,6-7H2,1-5H3,(H,13,16). The zero-order valence-electron chi connectivity index (χ0n) is 11.2. The van der Waals surface area contributed by atoms with E-state index in [4.69, 9.17) is 0 Å². The van der Waals surface area contributed by atoms with E-state index in [0.717, 1.165) is 22.1 Å². The number of carbonyl (C=O) groups is 1. The van der Waals surface area contributed by atoms with Crippen molar-refractivity contribution in [2.45, 2.75) is 27.3 Å². The number of nitrogens with one attached hydrogen (secondary N) is 1. The van der Waals surface area contributed by atoms with E-state index in [1.807, 2.05) is 25.9 Å². The highest BCUT2D eigenvalue weighted by atomic mass is 32.1. The molecule has 0 saturated heterocycles. The summed E-state index contributed by atoms with van der Waals surface area (Å²) in [7, 11) is 3.99. The molecule has 1 amide bonds. The monoisotopic (exact) mass is 255 g/mol. The van der Waals surface area contributed by atoms with Crippen molar-refractivity contribution >= 4 is 17.2 Å². The number of amides is 1. The van der Waals surface area contributed by atoms with Gasteiger partial charge in [0, 0.05) is 13.1 Å². The summed E-state index contributed by atoms with van der Waals surface area (Å²) in [6.45, 7) is 7.54. The molecule has 0 aromatic carbocycles. The van der Waals surface area contributed by atoms with Crippen molar-refractivity contribution in [3.63, 3.8) is 0 Å². The molecule has 1 N–H and O–H groups in total. The van der Waals surface area contributed by atoms with Gasteiger partial charge in [0.1, 0.15) is 9.88 Å². The molecule has 17 heavy (non-hydrogen) atoms. The fraction of sp³-hybridized carbons (Fsp3) is 0.667. The lowest BCUT2D eigenvalue weighted by Crippen LogP contribution is -2.27. The molecule has 1 aromatic rings. The molecule has 96 valence electrons. The molecule has 0 atom stereocenters. The maximum absolute atomic E-state index is 11.9.